The molecule has 1 amide bonds. The Kier molecular flexibility index (Phi) is 14.0. The van der Waals surface area contributed by atoms with Crippen LogP contribution in [0.5, 0.6) is 0 Å². The molecule has 1 aliphatic rings. The number of pyridine rings is 1. The number of nitrogens with zero attached hydrogens (tertiary/aromatic N) is 1. The number of ether oxygens (including phenoxy) is 1. The number of halogens is 1. The van der Waals surface area contributed by atoms with Crippen LogP contribution in [0.4, 0.5) is 4.39 Å². The van der Waals surface area contributed by atoms with Crippen LogP contribution in [0.2, 0.25) is 0 Å². The first-order valence-electron chi connectivity index (χ1n) is 15.5. The summed E-state index contributed by atoms with van der Waals surface area (Å²) in [5, 5.41) is 2.93. The summed E-state index contributed by atoms with van der Waals surface area (Å²) in [6, 6.07) is 8.11. The molecule has 1 fully saturated rings. The Morgan fingerprint density at radius 2 is 1.81 bits per heavy atom. The van der Waals surface area contributed by atoms with E-state index in [0.29, 0.717) is 48.3 Å². The molecule has 1 aliphatic carbocycles. The number of carbonyl (C=O) groups is 2. The van der Waals surface area contributed by atoms with Crippen molar-refractivity contribution in [3.8, 4) is 11.1 Å². The van der Waals surface area contributed by atoms with Crippen LogP contribution >= 0.6 is 0 Å². The van der Waals surface area contributed by atoms with Gasteiger partial charge in [0.15, 0.2) is 0 Å². The minimum Gasteiger partial charge on any atom is -0.462 e. The van der Waals surface area contributed by atoms with Gasteiger partial charge in [0.1, 0.15) is 5.83 Å². The number of hydrogen-bond donors (Lipinski definition) is 1. The van der Waals surface area contributed by atoms with Gasteiger partial charge >= 0.3 is 5.97 Å². The van der Waals surface area contributed by atoms with Crippen molar-refractivity contribution in [3.63, 3.8) is 0 Å². The van der Waals surface area contributed by atoms with Crippen molar-refractivity contribution in [2.75, 3.05) is 6.61 Å². The minimum atomic E-state index is -0.411. The molecule has 43 heavy (non-hydrogen) atoms. The molecule has 234 valence electrons. The van der Waals surface area contributed by atoms with E-state index in [9.17, 15) is 14.0 Å². The van der Waals surface area contributed by atoms with E-state index < -0.39 is 5.97 Å². The number of carbonyl (C=O) groups excluding carboxylic acids is 2. The summed E-state index contributed by atoms with van der Waals surface area (Å²) in [6.45, 7) is 20.3. The van der Waals surface area contributed by atoms with E-state index in [1.807, 2.05) is 20.8 Å². The average Bonchev–Trinajstić information content (AvgIpc) is 3.77. The number of unbranched alkanes of at least 4 members (excludes halogenated alkanes) is 1. The van der Waals surface area contributed by atoms with Gasteiger partial charge in [-0.15, -0.1) is 0 Å². The lowest BCUT2D eigenvalue weighted by molar-refractivity contribution is -0.110. The number of allylic oxidation sites excluding steroid dienone is 5. The number of hydrogen-bond acceptors (Lipinski definition) is 4. The third-order valence-corrected chi connectivity index (χ3v) is 6.83. The summed E-state index contributed by atoms with van der Waals surface area (Å²) in [5.41, 5.74) is 6.20. The Morgan fingerprint density at radius 3 is 2.33 bits per heavy atom. The molecule has 1 aromatic carbocycles. The van der Waals surface area contributed by atoms with Crippen LogP contribution in [0, 0.1) is 18.3 Å². The molecule has 2 aromatic rings. The highest BCUT2D eigenvalue weighted by atomic mass is 19.1. The Hall–Kier alpha value is -3.54. The van der Waals surface area contributed by atoms with Crippen LogP contribution in [0.25, 0.3) is 11.1 Å². The normalized spacial score (nSPS) is 14.2. The van der Waals surface area contributed by atoms with Gasteiger partial charge < -0.3 is 10.1 Å². The summed E-state index contributed by atoms with van der Waals surface area (Å²) in [6.07, 6.45) is 10.8. The molecule has 1 unspecified atom stereocenters. The predicted molar refractivity (Wildman–Crippen MR) is 176 cm³/mol. The smallest absolute Gasteiger partial charge is 0.340 e. The van der Waals surface area contributed by atoms with E-state index in [1.165, 1.54) is 36.6 Å². The Morgan fingerprint density at radius 1 is 1.19 bits per heavy atom. The van der Waals surface area contributed by atoms with Crippen molar-refractivity contribution < 1.29 is 18.7 Å². The first kappa shape index (κ1) is 35.7. The molecule has 6 heteroatoms. The van der Waals surface area contributed by atoms with Crippen LogP contribution in [-0.4, -0.2) is 24.0 Å². The molecule has 1 N–H and O–H groups in total. The van der Waals surface area contributed by atoms with Gasteiger partial charge in [0, 0.05) is 5.56 Å². The van der Waals surface area contributed by atoms with E-state index in [-0.39, 0.29) is 24.4 Å². The van der Waals surface area contributed by atoms with Crippen molar-refractivity contribution >= 4 is 12.4 Å². The van der Waals surface area contributed by atoms with Crippen molar-refractivity contribution in [2.45, 2.75) is 99.5 Å². The van der Waals surface area contributed by atoms with Gasteiger partial charge in [0.25, 0.3) is 0 Å². The number of nitrogens with one attached hydrogen (secondary N) is 1. The van der Waals surface area contributed by atoms with Gasteiger partial charge in [-0.1, -0.05) is 84.5 Å². The lowest BCUT2D eigenvalue weighted by Crippen LogP contribution is -2.28. The highest BCUT2D eigenvalue weighted by molar-refractivity contribution is 5.99. The number of esters is 1. The maximum atomic E-state index is 13.7. The summed E-state index contributed by atoms with van der Waals surface area (Å²) < 4.78 is 19.2. The Balaban J connectivity index is 0.00000119. The minimum absolute atomic E-state index is 0.0836. The molecule has 3 rings (SSSR count). The van der Waals surface area contributed by atoms with Gasteiger partial charge in [-0.2, -0.15) is 0 Å². The summed E-state index contributed by atoms with van der Waals surface area (Å²) in [5.74, 6) is -0.0645. The predicted octanol–water partition coefficient (Wildman–Crippen LogP) is 9.52. The number of aromatic nitrogens is 1. The molecule has 1 saturated carbocycles. The standard InChI is InChI=1S/C32H39FN2O3.C5H12/c1-6-11-26(33)12-9-8-10-13-27-29(32(37)38-7-2)28(25-18-16-24(17-19-25)23-14-15-23)22(5)31(35-27)30(21(3)4)34-20-36;1-5(2,3)4/h6,9,11-12,16-21,23,30H,1,7-8,10,13-15H2,2-5H3,(H,34,36);1-4H3/b12-9-,26-11+;. The maximum Gasteiger partial charge on any atom is 0.340 e. The molecule has 1 atom stereocenters. The zero-order chi connectivity index (χ0) is 32.2. The largest absolute Gasteiger partial charge is 0.462 e. The average molecular weight is 591 g/mol. The summed E-state index contributed by atoms with van der Waals surface area (Å²) in [7, 11) is 0. The molecule has 5 nitrogen and oxygen atoms in total. The van der Waals surface area contributed by atoms with Crippen LogP contribution in [-0.2, 0) is 16.0 Å². The molecule has 0 spiro atoms. The maximum absolute atomic E-state index is 13.7. The molecule has 0 radical (unpaired) electrons. The second-order valence-corrected chi connectivity index (χ2v) is 13.0. The zero-order valence-electron chi connectivity index (χ0n) is 27.4. The monoisotopic (exact) mass is 590 g/mol. The lowest BCUT2D eigenvalue weighted by atomic mass is 9.87. The van der Waals surface area contributed by atoms with Crippen LogP contribution in [0.3, 0.4) is 0 Å². The third kappa shape index (κ3) is 11.6. The second kappa shape index (κ2) is 16.9. The molecular weight excluding hydrogens is 539 g/mol. The SMILES string of the molecule is C=C/C=C(F)\C=C/CCCc1nc(C(NC=O)C(C)C)c(C)c(-c2ccc(C3CC3)cc2)c1C(=O)OCC.CC(C)(C)C. The van der Waals surface area contributed by atoms with Gasteiger partial charge in [-0.25, -0.2) is 9.18 Å². The molecule has 0 saturated heterocycles. The fraction of sp³-hybridized carbons (Fsp3) is 0.486. The van der Waals surface area contributed by atoms with Crippen molar-refractivity contribution in [2.24, 2.45) is 11.3 Å². The quantitative estimate of drug-likeness (QED) is 0.103. The van der Waals surface area contributed by atoms with E-state index >= 15 is 0 Å². The topological polar surface area (TPSA) is 68.3 Å². The van der Waals surface area contributed by atoms with Crippen LogP contribution in [0.15, 0.2) is 61.0 Å². The Bertz CT molecular complexity index is 1280. The highest BCUT2D eigenvalue weighted by Gasteiger charge is 2.29. The lowest BCUT2D eigenvalue weighted by Gasteiger charge is -2.26. The molecular formula is C37H51FN2O3. The number of amides is 1. The van der Waals surface area contributed by atoms with E-state index in [1.54, 1.807) is 13.0 Å². The van der Waals surface area contributed by atoms with Crippen molar-refractivity contribution in [3.05, 3.63) is 89.1 Å². The van der Waals surface area contributed by atoms with E-state index in [2.05, 4.69) is 63.9 Å². The second-order valence-electron chi connectivity index (χ2n) is 13.0. The molecule has 0 aliphatic heterocycles. The molecule has 1 heterocycles. The highest BCUT2D eigenvalue weighted by Crippen LogP contribution is 2.42. The van der Waals surface area contributed by atoms with E-state index in [0.717, 1.165) is 22.4 Å². The third-order valence-electron chi connectivity index (χ3n) is 6.83. The zero-order valence-corrected chi connectivity index (χ0v) is 27.4. The Labute approximate surface area is 258 Å². The van der Waals surface area contributed by atoms with Gasteiger partial charge in [0.2, 0.25) is 6.41 Å². The van der Waals surface area contributed by atoms with Gasteiger partial charge in [0.05, 0.1) is 29.6 Å². The first-order valence-corrected chi connectivity index (χ1v) is 15.5. The van der Waals surface area contributed by atoms with Gasteiger partial charge in [-0.3, -0.25) is 9.78 Å². The fourth-order valence-corrected chi connectivity index (χ4v) is 4.76. The molecule has 0 bridgehead atoms. The fourth-order valence-electron chi connectivity index (χ4n) is 4.76. The first-order chi connectivity index (χ1) is 20.3. The van der Waals surface area contributed by atoms with Crippen LogP contribution in [0.1, 0.15) is 119 Å². The van der Waals surface area contributed by atoms with Crippen molar-refractivity contribution in [1.82, 2.24) is 10.3 Å². The van der Waals surface area contributed by atoms with Gasteiger partial charge in [-0.05, 0) is 92.0 Å². The number of rotatable bonds is 14. The summed E-state index contributed by atoms with van der Waals surface area (Å²) >= 11 is 0. The summed E-state index contributed by atoms with van der Waals surface area (Å²) in [4.78, 5) is 29.8. The number of aryl methyl sites for hydroxylation is 1. The molecule has 1 aromatic heterocycles. The van der Waals surface area contributed by atoms with Crippen molar-refractivity contribution in [1.29, 1.82) is 0 Å². The number of benzene rings is 1. The van der Waals surface area contributed by atoms with E-state index in [4.69, 9.17) is 9.72 Å². The van der Waals surface area contributed by atoms with Crippen LogP contribution < -0.4 is 5.32 Å².